The quantitative estimate of drug-likeness (QED) is 0.300. The average Bonchev–Trinajstić information content (AvgIpc) is 2.80. The topological polar surface area (TPSA) is 59.1 Å². The van der Waals surface area contributed by atoms with Crippen molar-refractivity contribution < 1.29 is 19.1 Å². The first-order valence-corrected chi connectivity index (χ1v) is 12.0. The second kappa shape index (κ2) is 14.8. The van der Waals surface area contributed by atoms with Crippen molar-refractivity contribution in [2.24, 2.45) is 0 Å². The molecule has 1 amide bonds. The molecule has 1 fully saturated rings. The van der Waals surface area contributed by atoms with Gasteiger partial charge in [0.2, 0.25) is 0 Å². The van der Waals surface area contributed by atoms with Crippen molar-refractivity contribution in [3.8, 4) is 5.75 Å². The van der Waals surface area contributed by atoms with Gasteiger partial charge in [0, 0.05) is 44.7 Å². The number of carbonyl (C=O) groups is 2. The molecule has 6 heteroatoms. The molecule has 2 rings (SSSR count). The van der Waals surface area contributed by atoms with Gasteiger partial charge in [0.25, 0.3) is 0 Å². The van der Waals surface area contributed by atoms with Gasteiger partial charge in [0.1, 0.15) is 5.75 Å². The van der Waals surface area contributed by atoms with E-state index < -0.39 is 0 Å². The molecule has 0 saturated carbocycles. The number of rotatable bonds is 14. The third-order valence-electron chi connectivity index (χ3n) is 5.72. The largest absolute Gasteiger partial charge is 0.494 e. The predicted octanol–water partition coefficient (Wildman–Crippen LogP) is 5.16. The monoisotopic (exact) mass is 432 g/mol. The van der Waals surface area contributed by atoms with Crippen LogP contribution in [0.5, 0.6) is 5.75 Å². The van der Waals surface area contributed by atoms with Crippen molar-refractivity contribution >= 4 is 11.9 Å². The van der Waals surface area contributed by atoms with Crippen molar-refractivity contribution in [2.75, 3.05) is 45.9 Å². The Morgan fingerprint density at radius 2 is 1.55 bits per heavy atom. The number of ketones is 1. The zero-order valence-electron chi connectivity index (χ0n) is 19.4. The number of Topliss-reactive ketones (excluding diaryl/α,β-unsaturated/α-hetero) is 1. The Morgan fingerprint density at radius 1 is 0.871 bits per heavy atom. The molecule has 174 valence electrons. The highest BCUT2D eigenvalue weighted by molar-refractivity contribution is 5.96. The van der Waals surface area contributed by atoms with Crippen LogP contribution < -0.4 is 4.74 Å². The fraction of sp³-hybridized carbons (Fsp3) is 0.680. The van der Waals surface area contributed by atoms with E-state index in [1.807, 2.05) is 31.2 Å². The van der Waals surface area contributed by atoms with Crippen molar-refractivity contribution in [3.05, 3.63) is 29.8 Å². The number of carbonyl (C=O) groups excluding carboxylic acids is 2. The van der Waals surface area contributed by atoms with E-state index >= 15 is 0 Å². The van der Waals surface area contributed by atoms with Gasteiger partial charge in [-0.05, 0) is 44.0 Å². The normalized spacial score (nSPS) is 14.5. The van der Waals surface area contributed by atoms with Crippen LogP contribution in [0.4, 0.5) is 4.79 Å². The summed E-state index contributed by atoms with van der Waals surface area (Å²) in [5, 5.41) is 0. The maximum atomic E-state index is 12.3. The van der Waals surface area contributed by atoms with Crippen LogP contribution in [0.2, 0.25) is 0 Å². The smallest absolute Gasteiger partial charge is 0.409 e. The van der Waals surface area contributed by atoms with E-state index in [1.165, 1.54) is 25.7 Å². The van der Waals surface area contributed by atoms with E-state index in [1.54, 1.807) is 4.90 Å². The summed E-state index contributed by atoms with van der Waals surface area (Å²) in [7, 11) is 0. The van der Waals surface area contributed by atoms with Crippen LogP contribution >= 0.6 is 0 Å². The van der Waals surface area contributed by atoms with E-state index in [9.17, 15) is 9.59 Å². The third-order valence-corrected chi connectivity index (χ3v) is 5.72. The molecular formula is C25H40N2O4. The SMILES string of the molecule is CCCCCCCCC(=O)c1ccc(OCCCN2CCN(C(=O)OCC)CC2)cc1. The van der Waals surface area contributed by atoms with E-state index in [4.69, 9.17) is 9.47 Å². The fourth-order valence-corrected chi connectivity index (χ4v) is 3.79. The summed E-state index contributed by atoms with van der Waals surface area (Å²) in [5.41, 5.74) is 0.778. The summed E-state index contributed by atoms with van der Waals surface area (Å²) in [6, 6.07) is 7.55. The van der Waals surface area contributed by atoms with Crippen molar-refractivity contribution in [1.29, 1.82) is 0 Å². The Kier molecular flexibility index (Phi) is 12.1. The number of hydrogen-bond acceptors (Lipinski definition) is 5. The van der Waals surface area contributed by atoms with E-state index in [0.717, 1.165) is 50.2 Å². The minimum atomic E-state index is -0.209. The molecule has 31 heavy (non-hydrogen) atoms. The van der Waals surface area contributed by atoms with Crippen LogP contribution in [0.3, 0.4) is 0 Å². The molecule has 1 heterocycles. The summed E-state index contributed by atoms with van der Waals surface area (Å²) >= 11 is 0. The molecule has 0 unspecified atom stereocenters. The van der Waals surface area contributed by atoms with E-state index in [-0.39, 0.29) is 11.9 Å². The first-order valence-electron chi connectivity index (χ1n) is 12.0. The molecule has 6 nitrogen and oxygen atoms in total. The summed E-state index contributed by atoms with van der Waals surface area (Å²) in [4.78, 5) is 28.2. The Labute approximate surface area is 187 Å². The van der Waals surface area contributed by atoms with Gasteiger partial charge in [0.15, 0.2) is 5.78 Å². The zero-order chi connectivity index (χ0) is 22.3. The van der Waals surface area contributed by atoms with Gasteiger partial charge in [-0.1, -0.05) is 39.0 Å². The average molecular weight is 433 g/mol. The van der Waals surface area contributed by atoms with Gasteiger partial charge >= 0.3 is 6.09 Å². The Hall–Kier alpha value is -2.08. The maximum absolute atomic E-state index is 12.3. The van der Waals surface area contributed by atoms with Crippen LogP contribution in [0.25, 0.3) is 0 Å². The van der Waals surface area contributed by atoms with Gasteiger partial charge in [-0.25, -0.2) is 4.79 Å². The molecule has 1 aromatic carbocycles. The molecule has 0 bridgehead atoms. The van der Waals surface area contributed by atoms with E-state index in [2.05, 4.69) is 11.8 Å². The summed E-state index contributed by atoms with van der Waals surface area (Å²) in [6.45, 7) is 9.23. The van der Waals surface area contributed by atoms with Gasteiger partial charge in [-0.15, -0.1) is 0 Å². The van der Waals surface area contributed by atoms with Gasteiger partial charge in [-0.3, -0.25) is 9.69 Å². The predicted molar refractivity (Wildman–Crippen MR) is 124 cm³/mol. The Morgan fingerprint density at radius 3 is 2.23 bits per heavy atom. The van der Waals surface area contributed by atoms with Crippen molar-refractivity contribution in [3.63, 3.8) is 0 Å². The summed E-state index contributed by atoms with van der Waals surface area (Å²) in [5.74, 6) is 1.03. The number of hydrogen-bond donors (Lipinski definition) is 0. The Bertz CT molecular complexity index is 639. The highest BCUT2D eigenvalue weighted by atomic mass is 16.6. The molecule has 1 aromatic rings. The molecule has 1 aliphatic rings. The molecular weight excluding hydrogens is 392 g/mol. The van der Waals surface area contributed by atoms with Crippen LogP contribution in [0, 0.1) is 0 Å². The highest BCUT2D eigenvalue weighted by Crippen LogP contribution is 2.16. The second-order valence-electron chi connectivity index (χ2n) is 8.19. The minimum absolute atomic E-state index is 0.209. The highest BCUT2D eigenvalue weighted by Gasteiger charge is 2.21. The maximum Gasteiger partial charge on any atom is 0.409 e. The fourth-order valence-electron chi connectivity index (χ4n) is 3.79. The first kappa shape index (κ1) is 25.2. The van der Waals surface area contributed by atoms with Crippen LogP contribution in [-0.2, 0) is 4.74 Å². The number of piperazine rings is 1. The summed E-state index contributed by atoms with van der Waals surface area (Å²) < 4.78 is 10.9. The second-order valence-corrected chi connectivity index (χ2v) is 8.19. The van der Waals surface area contributed by atoms with Gasteiger partial charge < -0.3 is 14.4 Å². The third kappa shape index (κ3) is 9.72. The molecule has 0 aliphatic carbocycles. The Balaban J connectivity index is 1.57. The molecule has 0 radical (unpaired) electrons. The standard InChI is InChI=1S/C25H40N2O4/c1-3-5-6-7-8-9-11-24(28)22-12-14-23(15-13-22)31-21-10-16-26-17-19-27(20-18-26)25(29)30-4-2/h12-15H,3-11,16-21H2,1-2H3. The van der Waals surface area contributed by atoms with Gasteiger partial charge in [-0.2, -0.15) is 0 Å². The van der Waals surface area contributed by atoms with Crippen LogP contribution in [0.1, 0.15) is 75.6 Å². The molecule has 0 aromatic heterocycles. The minimum Gasteiger partial charge on any atom is -0.494 e. The van der Waals surface area contributed by atoms with Crippen molar-refractivity contribution in [1.82, 2.24) is 9.80 Å². The number of amides is 1. The lowest BCUT2D eigenvalue weighted by molar-refractivity contribution is 0.0781. The molecule has 0 atom stereocenters. The lowest BCUT2D eigenvalue weighted by Gasteiger charge is -2.33. The molecule has 0 spiro atoms. The molecule has 0 N–H and O–H groups in total. The van der Waals surface area contributed by atoms with E-state index in [0.29, 0.717) is 32.7 Å². The summed E-state index contributed by atoms with van der Waals surface area (Å²) in [6.07, 6.45) is 8.53. The van der Waals surface area contributed by atoms with Crippen molar-refractivity contribution in [2.45, 2.75) is 65.2 Å². The number of benzene rings is 1. The van der Waals surface area contributed by atoms with Crippen LogP contribution in [-0.4, -0.2) is 67.6 Å². The first-order chi connectivity index (χ1) is 15.1. The molecule has 1 saturated heterocycles. The zero-order valence-corrected chi connectivity index (χ0v) is 19.4. The lowest BCUT2D eigenvalue weighted by Crippen LogP contribution is -2.49. The van der Waals surface area contributed by atoms with Crippen LogP contribution in [0.15, 0.2) is 24.3 Å². The molecule has 1 aliphatic heterocycles. The van der Waals surface area contributed by atoms with Gasteiger partial charge in [0.05, 0.1) is 13.2 Å². The number of unbranched alkanes of at least 4 members (excludes halogenated alkanes) is 5. The number of nitrogens with zero attached hydrogens (tertiary/aromatic N) is 2. The number of ether oxygens (including phenoxy) is 2. The lowest BCUT2D eigenvalue weighted by atomic mass is 10.0.